The fourth-order valence-electron chi connectivity index (χ4n) is 3.35. The van der Waals surface area contributed by atoms with Crippen molar-refractivity contribution in [3.63, 3.8) is 0 Å². The fourth-order valence-corrected chi connectivity index (χ4v) is 3.35. The molecule has 1 aliphatic heterocycles. The van der Waals surface area contributed by atoms with Gasteiger partial charge in [-0.1, -0.05) is 19.3 Å². The fraction of sp³-hybridized carbons (Fsp3) is 0.929. The summed E-state index contributed by atoms with van der Waals surface area (Å²) in [6, 6.07) is 0. The summed E-state index contributed by atoms with van der Waals surface area (Å²) < 4.78 is 0. The van der Waals surface area contributed by atoms with Crippen LogP contribution in [0.1, 0.15) is 44.9 Å². The van der Waals surface area contributed by atoms with E-state index in [-0.39, 0.29) is 18.1 Å². The Kier molecular flexibility index (Phi) is 4.62. The van der Waals surface area contributed by atoms with E-state index in [1.54, 1.807) is 0 Å². The molecule has 104 valence electrons. The van der Waals surface area contributed by atoms with E-state index in [0.29, 0.717) is 12.3 Å². The van der Waals surface area contributed by atoms with Crippen molar-refractivity contribution in [3.8, 4) is 0 Å². The maximum Gasteiger partial charge on any atom is 0.224 e. The number of nitrogens with one attached hydrogen (secondary N) is 1. The van der Waals surface area contributed by atoms with Crippen molar-refractivity contribution in [1.29, 1.82) is 0 Å². The van der Waals surface area contributed by atoms with Crippen molar-refractivity contribution in [2.45, 2.75) is 50.5 Å². The van der Waals surface area contributed by atoms with E-state index >= 15 is 0 Å². The highest BCUT2D eigenvalue weighted by molar-refractivity contribution is 5.77. The molecule has 0 bridgehead atoms. The Hall–Kier alpha value is -0.610. The molecule has 2 rings (SSSR count). The molecule has 0 spiro atoms. The summed E-state index contributed by atoms with van der Waals surface area (Å²) in [6.45, 7) is 1.78. The van der Waals surface area contributed by atoms with Crippen LogP contribution in [0, 0.1) is 5.92 Å². The number of likely N-dealkylation sites (tertiary alicyclic amines) is 1. The predicted molar refractivity (Wildman–Crippen MR) is 71.3 cm³/mol. The SMILES string of the molecule is CNC1(CC(=O)N2CCC(CO)C2)CCCCC1. The molecule has 0 aromatic carbocycles. The molecule has 0 aromatic rings. The Morgan fingerprint density at radius 3 is 2.67 bits per heavy atom. The number of nitrogens with zero attached hydrogens (tertiary/aromatic N) is 1. The lowest BCUT2D eigenvalue weighted by Gasteiger charge is -2.37. The molecule has 0 aromatic heterocycles. The zero-order valence-electron chi connectivity index (χ0n) is 11.5. The first kappa shape index (κ1) is 13.8. The zero-order chi connectivity index (χ0) is 13.0. The topological polar surface area (TPSA) is 52.6 Å². The Labute approximate surface area is 110 Å². The number of rotatable bonds is 4. The third kappa shape index (κ3) is 3.04. The molecule has 1 amide bonds. The highest BCUT2D eigenvalue weighted by Crippen LogP contribution is 2.32. The van der Waals surface area contributed by atoms with E-state index in [0.717, 1.165) is 32.4 Å². The maximum absolute atomic E-state index is 12.3. The van der Waals surface area contributed by atoms with Gasteiger partial charge in [0.2, 0.25) is 5.91 Å². The molecule has 1 aliphatic carbocycles. The lowest BCUT2D eigenvalue weighted by atomic mass is 9.79. The Morgan fingerprint density at radius 2 is 2.11 bits per heavy atom. The normalized spacial score (nSPS) is 27.4. The molecule has 2 fully saturated rings. The van der Waals surface area contributed by atoms with Gasteiger partial charge in [-0.2, -0.15) is 0 Å². The van der Waals surface area contributed by atoms with Gasteiger partial charge >= 0.3 is 0 Å². The van der Waals surface area contributed by atoms with Crippen molar-refractivity contribution in [1.82, 2.24) is 10.2 Å². The van der Waals surface area contributed by atoms with Crippen molar-refractivity contribution in [2.24, 2.45) is 5.92 Å². The molecule has 2 aliphatic rings. The van der Waals surface area contributed by atoms with Crippen LogP contribution in [0.3, 0.4) is 0 Å². The summed E-state index contributed by atoms with van der Waals surface area (Å²) >= 11 is 0. The summed E-state index contributed by atoms with van der Waals surface area (Å²) in [4.78, 5) is 14.3. The van der Waals surface area contributed by atoms with Crippen molar-refractivity contribution in [2.75, 3.05) is 26.7 Å². The molecular weight excluding hydrogens is 228 g/mol. The summed E-state index contributed by atoms with van der Waals surface area (Å²) in [5.74, 6) is 0.563. The van der Waals surface area contributed by atoms with Crippen LogP contribution < -0.4 is 5.32 Å². The van der Waals surface area contributed by atoms with Crippen LogP contribution in [0.4, 0.5) is 0 Å². The monoisotopic (exact) mass is 254 g/mol. The van der Waals surface area contributed by atoms with Gasteiger partial charge in [-0.05, 0) is 26.3 Å². The largest absolute Gasteiger partial charge is 0.396 e. The van der Waals surface area contributed by atoms with Crippen LogP contribution in [0.15, 0.2) is 0 Å². The smallest absolute Gasteiger partial charge is 0.224 e. The molecule has 1 saturated heterocycles. The van der Waals surface area contributed by atoms with Gasteiger partial charge in [0.25, 0.3) is 0 Å². The predicted octanol–water partition coefficient (Wildman–Crippen LogP) is 1.14. The van der Waals surface area contributed by atoms with Gasteiger partial charge < -0.3 is 15.3 Å². The Balaban J connectivity index is 1.89. The standard InChI is InChI=1S/C14H26N2O2/c1-15-14(6-3-2-4-7-14)9-13(18)16-8-5-12(10-16)11-17/h12,15,17H,2-11H2,1H3. The molecule has 2 N–H and O–H groups in total. The minimum Gasteiger partial charge on any atom is -0.396 e. The average Bonchev–Trinajstić information content (AvgIpc) is 2.88. The summed E-state index contributed by atoms with van der Waals surface area (Å²) in [5, 5.41) is 12.5. The Morgan fingerprint density at radius 1 is 1.39 bits per heavy atom. The van der Waals surface area contributed by atoms with E-state index < -0.39 is 0 Å². The third-order valence-corrected chi connectivity index (χ3v) is 4.73. The highest BCUT2D eigenvalue weighted by Gasteiger charge is 2.35. The molecule has 1 unspecified atom stereocenters. The molecule has 4 heteroatoms. The van der Waals surface area contributed by atoms with E-state index in [9.17, 15) is 4.79 Å². The molecule has 1 atom stereocenters. The minimum absolute atomic E-state index is 0.0344. The lowest BCUT2D eigenvalue weighted by Crippen LogP contribution is -2.48. The van der Waals surface area contributed by atoms with Gasteiger partial charge in [-0.25, -0.2) is 0 Å². The van der Waals surface area contributed by atoms with Crippen LogP contribution in [-0.4, -0.2) is 48.2 Å². The van der Waals surface area contributed by atoms with Gasteiger partial charge in [0, 0.05) is 37.6 Å². The van der Waals surface area contributed by atoms with Gasteiger partial charge in [-0.15, -0.1) is 0 Å². The molecule has 0 radical (unpaired) electrons. The number of hydrogen-bond acceptors (Lipinski definition) is 3. The third-order valence-electron chi connectivity index (χ3n) is 4.73. The average molecular weight is 254 g/mol. The second-order valence-electron chi connectivity index (χ2n) is 5.94. The quantitative estimate of drug-likeness (QED) is 0.791. The number of carbonyl (C=O) groups excluding carboxylic acids is 1. The van der Waals surface area contributed by atoms with Gasteiger partial charge in [0.15, 0.2) is 0 Å². The first-order valence-electron chi connectivity index (χ1n) is 7.27. The number of carbonyl (C=O) groups is 1. The van der Waals surface area contributed by atoms with Crippen LogP contribution >= 0.6 is 0 Å². The highest BCUT2D eigenvalue weighted by atomic mass is 16.3. The summed E-state index contributed by atoms with van der Waals surface area (Å²) in [5.41, 5.74) is 0.0344. The first-order chi connectivity index (χ1) is 8.69. The van der Waals surface area contributed by atoms with Crippen molar-refractivity contribution in [3.05, 3.63) is 0 Å². The second-order valence-corrected chi connectivity index (χ2v) is 5.94. The Bertz CT molecular complexity index is 288. The molecule has 1 saturated carbocycles. The van der Waals surface area contributed by atoms with Crippen LogP contribution in [-0.2, 0) is 4.79 Å². The number of hydrogen-bond donors (Lipinski definition) is 2. The van der Waals surface area contributed by atoms with Crippen LogP contribution in [0.2, 0.25) is 0 Å². The van der Waals surface area contributed by atoms with Crippen LogP contribution in [0.25, 0.3) is 0 Å². The van der Waals surface area contributed by atoms with Gasteiger partial charge in [0.1, 0.15) is 0 Å². The van der Waals surface area contributed by atoms with E-state index in [4.69, 9.17) is 5.11 Å². The minimum atomic E-state index is 0.0344. The van der Waals surface area contributed by atoms with Crippen LogP contribution in [0.5, 0.6) is 0 Å². The summed E-state index contributed by atoms with van der Waals surface area (Å²) in [7, 11) is 1.99. The van der Waals surface area contributed by atoms with Gasteiger partial charge in [-0.3, -0.25) is 4.79 Å². The molecule has 4 nitrogen and oxygen atoms in total. The van der Waals surface area contributed by atoms with Crippen molar-refractivity contribution >= 4 is 5.91 Å². The van der Waals surface area contributed by atoms with E-state index in [1.165, 1.54) is 19.3 Å². The number of aliphatic hydroxyl groups is 1. The molecule has 1 heterocycles. The second kappa shape index (κ2) is 6.02. The molecular formula is C14H26N2O2. The van der Waals surface area contributed by atoms with E-state index in [1.807, 2.05) is 11.9 Å². The summed E-state index contributed by atoms with van der Waals surface area (Å²) in [6.07, 6.45) is 7.57. The lowest BCUT2D eigenvalue weighted by molar-refractivity contribution is -0.132. The first-order valence-corrected chi connectivity index (χ1v) is 7.27. The number of amides is 1. The molecule has 18 heavy (non-hydrogen) atoms. The van der Waals surface area contributed by atoms with Gasteiger partial charge in [0.05, 0.1) is 0 Å². The zero-order valence-corrected chi connectivity index (χ0v) is 11.5. The van der Waals surface area contributed by atoms with E-state index in [2.05, 4.69) is 5.32 Å². The number of aliphatic hydroxyl groups excluding tert-OH is 1. The van der Waals surface area contributed by atoms with Crippen molar-refractivity contribution < 1.29 is 9.90 Å². The maximum atomic E-state index is 12.3.